The monoisotopic (exact) mass is 275 g/mol. The van der Waals surface area contributed by atoms with Crippen LogP contribution in [0.3, 0.4) is 0 Å². The van der Waals surface area contributed by atoms with Crippen molar-refractivity contribution in [2.24, 2.45) is 0 Å². The molecular formula is C14H17N3O3. The first kappa shape index (κ1) is 14.2. The number of nitrogens with zero attached hydrogens (tertiary/aromatic N) is 3. The number of aromatic nitrogens is 3. The second-order valence-electron chi connectivity index (χ2n) is 4.30. The van der Waals surface area contributed by atoms with E-state index in [1.807, 2.05) is 31.2 Å². The summed E-state index contributed by atoms with van der Waals surface area (Å²) < 4.78 is 11.5. The van der Waals surface area contributed by atoms with Crippen molar-refractivity contribution in [3.05, 3.63) is 29.8 Å². The number of benzene rings is 1. The maximum Gasteiger partial charge on any atom is 0.336 e. The molecule has 0 aliphatic rings. The minimum atomic E-state index is -0.211. The molecule has 6 nitrogen and oxygen atoms in total. The number of carbonyl (C=O) groups excluding carboxylic acids is 1. The van der Waals surface area contributed by atoms with Gasteiger partial charge in [-0.05, 0) is 12.5 Å². The van der Waals surface area contributed by atoms with Crippen molar-refractivity contribution in [3.63, 3.8) is 0 Å². The average Bonchev–Trinajstić information content (AvgIpc) is 2.84. The maximum atomic E-state index is 11.7. The number of ether oxygens (including phenoxy) is 2. The van der Waals surface area contributed by atoms with Crippen molar-refractivity contribution in [3.8, 4) is 17.4 Å². The summed E-state index contributed by atoms with van der Waals surface area (Å²) >= 11 is 0. The van der Waals surface area contributed by atoms with Crippen LogP contribution in [-0.2, 0) is 4.74 Å². The highest BCUT2D eigenvalue weighted by atomic mass is 16.5. The summed E-state index contributed by atoms with van der Waals surface area (Å²) in [6.45, 7) is 4.18. The Balaban J connectivity index is 2.36. The molecule has 0 saturated heterocycles. The van der Waals surface area contributed by atoms with Gasteiger partial charge in [0.05, 0.1) is 6.61 Å². The maximum absolute atomic E-state index is 11.7. The molecule has 1 aromatic carbocycles. The van der Waals surface area contributed by atoms with Crippen molar-refractivity contribution in [1.29, 1.82) is 0 Å². The van der Waals surface area contributed by atoms with E-state index in [0.717, 1.165) is 11.1 Å². The molecule has 0 atom stereocenters. The first-order chi connectivity index (χ1) is 9.63. The zero-order valence-corrected chi connectivity index (χ0v) is 11.8. The van der Waals surface area contributed by atoms with E-state index >= 15 is 0 Å². The van der Waals surface area contributed by atoms with E-state index in [1.54, 1.807) is 7.11 Å². The molecule has 0 amide bonds. The van der Waals surface area contributed by atoms with Gasteiger partial charge in [-0.15, -0.1) is 5.10 Å². The van der Waals surface area contributed by atoms with Crippen LogP contribution in [0.5, 0.6) is 6.01 Å². The number of hydrogen-bond acceptors (Lipinski definition) is 5. The van der Waals surface area contributed by atoms with Gasteiger partial charge in [-0.2, -0.15) is 9.67 Å². The van der Waals surface area contributed by atoms with Crippen LogP contribution in [0.25, 0.3) is 11.4 Å². The molecule has 0 bridgehead atoms. The lowest BCUT2D eigenvalue weighted by molar-refractivity contribution is 0.0919. The lowest BCUT2D eigenvalue weighted by Gasteiger charge is -2.04. The summed E-state index contributed by atoms with van der Waals surface area (Å²) in [6.07, 6.45) is 0. The van der Waals surface area contributed by atoms with E-state index in [4.69, 9.17) is 9.47 Å². The molecule has 0 radical (unpaired) electrons. The highest BCUT2D eigenvalue weighted by Crippen LogP contribution is 2.23. The molecule has 2 aromatic rings. The quantitative estimate of drug-likeness (QED) is 0.780. The Labute approximate surface area is 117 Å². The molecule has 0 N–H and O–H groups in total. The third-order valence-electron chi connectivity index (χ3n) is 2.79. The van der Waals surface area contributed by atoms with Gasteiger partial charge in [0, 0.05) is 19.6 Å². The van der Waals surface area contributed by atoms with Gasteiger partial charge in [0.2, 0.25) is 5.91 Å². The van der Waals surface area contributed by atoms with Crippen LogP contribution in [0.1, 0.15) is 17.3 Å². The standard InChI is InChI=1S/C14H17N3O3/c1-10-6-4-5-7-12(10)13-15-14(20-9-8-19-3)16-17(13)11(2)18/h4-7H,8-9H2,1-3H3. The topological polar surface area (TPSA) is 66.2 Å². The fraction of sp³-hybridized carbons (Fsp3) is 0.357. The molecule has 0 aliphatic carbocycles. The van der Waals surface area contributed by atoms with Gasteiger partial charge in [0.25, 0.3) is 0 Å². The van der Waals surface area contributed by atoms with Gasteiger partial charge < -0.3 is 9.47 Å². The lowest BCUT2D eigenvalue weighted by atomic mass is 10.1. The average molecular weight is 275 g/mol. The SMILES string of the molecule is COCCOc1nc(-c2ccccc2C)n(C(C)=O)n1. The van der Waals surface area contributed by atoms with E-state index in [0.29, 0.717) is 19.0 Å². The number of hydrogen-bond donors (Lipinski definition) is 0. The molecule has 6 heteroatoms. The highest BCUT2D eigenvalue weighted by molar-refractivity contribution is 5.80. The van der Waals surface area contributed by atoms with Gasteiger partial charge in [-0.1, -0.05) is 24.3 Å². The summed E-state index contributed by atoms with van der Waals surface area (Å²) in [4.78, 5) is 16.0. The normalized spacial score (nSPS) is 10.6. The summed E-state index contributed by atoms with van der Waals surface area (Å²) in [5.74, 6) is 0.278. The first-order valence-corrected chi connectivity index (χ1v) is 6.29. The minimum absolute atomic E-state index is 0.176. The van der Waals surface area contributed by atoms with Crippen LogP contribution in [0, 0.1) is 6.92 Å². The molecule has 0 spiro atoms. The molecule has 1 aromatic heterocycles. The van der Waals surface area contributed by atoms with Crippen molar-refractivity contribution >= 4 is 5.91 Å². The van der Waals surface area contributed by atoms with Crippen molar-refractivity contribution in [1.82, 2.24) is 14.8 Å². The Morgan fingerprint density at radius 3 is 2.70 bits per heavy atom. The molecular weight excluding hydrogens is 258 g/mol. The predicted molar refractivity (Wildman–Crippen MR) is 73.9 cm³/mol. The third kappa shape index (κ3) is 3.03. The van der Waals surface area contributed by atoms with E-state index < -0.39 is 0 Å². The first-order valence-electron chi connectivity index (χ1n) is 6.29. The smallest absolute Gasteiger partial charge is 0.336 e. The molecule has 0 saturated carbocycles. The molecule has 0 unspecified atom stereocenters. The summed E-state index contributed by atoms with van der Waals surface area (Å²) in [5, 5.41) is 4.08. The van der Waals surface area contributed by atoms with E-state index in [9.17, 15) is 4.79 Å². The Morgan fingerprint density at radius 1 is 1.30 bits per heavy atom. The van der Waals surface area contributed by atoms with Crippen LogP contribution in [0.4, 0.5) is 0 Å². The van der Waals surface area contributed by atoms with Gasteiger partial charge >= 0.3 is 6.01 Å². The molecule has 2 rings (SSSR count). The Bertz CT molecular complexity index is 607. The van der Waals surface area contributed by atoms with Gasteiger partial charge in [0.15, 0.2) is 5.82 Å². The zero-order valence-electron chi connectivity index (χ0n) is 11.8. The van der Waals surface area contributed by atoms with E-state index in [-0.39, 0.29) is 11.9 Å². The van der Waals surface area contributed by atoms with Crippen LogP contribution < -0.4 is 4.74 Å². The lowest BCUT2D eigenvalue weighted by Crippen LogP contribution is -2.10. The number of carbonyl (C=O) groups is 1. The Kier molecular flexibility index (Phi) is 4.47. The van der Waals surface area contributed by atoms with E-state index in [2.05, 4.69) is 10.1 Å². The largest absolute Gasteiger partial charge is 0.460 e. The van der Waals surface area contributed by atoms with Crippen LogP contribution in [0.2, 0.25) is 0 Å². The van der Waals surface area contributed by atoms with Gasteiger partial charge in [0.1, 0.15) is 6.61 Å². The van der Waals surface area contributed by atoms with E-state index in [1.165, 1.54) is 11.6 Å². The molecule has 106 valence electrons. The Morgan fingerprint density at radius 2 is 2.05 bits per heavy atom. The van der Waals surface area contributed by atoms with Crippen LogP contribution >= 0.6 is 0 Å². The molecule has 0 aliphatic heterocycles. The Hall–Kier alpha value is -2.21. The minimum Gasteiger partial charge on any atom is -0.460 e. The van der Waals surface area contributed by atoms with Crippen molar-refractivity contribution in [2.45, 2.75) is 13.8 Å². The second-order valence-corrected chi connectivity index (χ2v) is 4.30. The third-order valence-corrected chi connectivity index (χ3v) is 2.79. The zero-order chi connectivity index (χ0) is 14.5. The summed E-state index contributed by atoms with van der Waals surface area (Å²) in [7, 11) is 1.59. The van der Waals surface area contributed by atoms with Gasteiger partial charge in [-0.3, -0.25) is 4.79 Å². The predicted octanol–water partition coefficient (Wildman–Crippen LogP) is 1.94. The van der Waals surface area contributed by atoms with Crippen molar-refractivity contribution in [2.75, 3.05) is 20.3 Å². The van der Waals surface area contributed by atoms with Gasteiger partial charge in [-0.25, -0.2) is 0 Å². The number of methoxy groups -OCH3 is 1. The molecule has 0 fully saturated rings. The highest BCUT2D eigenvalue weighted by Gasteiger charge is 2.17. The fourth-order valence-electron chi connectivity index (χ4n) is 1.79. The summed E-state index contributed by atoms with van der Waals surface area (Å²) in [5.41, 5.74) is 1.88. The molecule has 20 heavy (non-hydrogen) atoms. The second kappa shape index (κ2) is 6.29. The number of aryl methyl sites for hydroxylation is 1. The fourth-order valence-corrected chi connectivity index (χ4v) is 1.79. The van der Waals surface area contributed by atoms with Crippen LogP contribution in [-0.4, -0.2) is 41.0 Å². The molecule has 1 heterocycles. The number of rotatable bonds is 5. The van der Waals surface area contributed by atoms with Crippen LogP contribution in [0.15, 0.2) is 24.3 Å². The van der Waals surface area contributed by atoms with Crippen molar-refractivity contribution < 1.29 is 14.3 Å². The summed E-state index contributed by atoms with van der Waals surface area (Å²) in [6, 6.07) is 7.86.